The van der Waals surface area contributed by atoms with Gasteiger partial charge < -0.3 is 19.5 Å². The van der Waals surface area contributed by atoms with Crippen molar-refractivity contribution in [1.29, 1.82) is 0 Å². The molecule has 0 spiro atoms. The van der Waals surface area contributed by atoms with Crippen molar-refractivity contribution in [1.82, 2.24) is 10.2 Å². The molecule has 2 aliphatic rings. The van der Waals surface area contributed by atoms with E-state index in [0.29, 0.717) is 6.54 Å². The molecule has 0 aromatic heterocycles. The number of carbonyl (C=O) groups excluding carboxylic acids is 2. The molecule has 7 nitrogen and oxygen atoms in total. The van der Waals surface area contributed by atoms with Gasteiger partial charge in [0.1, 0.15) is 17.9 Å². The Morgan fingerprint density at radius 1 is 1.22 bits per heavy atom. The van der Waals surface area contributed by atoms with Crippen LogP contribution in [-0.4, -0.2) is 53.2 Å². The van der Waals surface area contributed by atoms with Gasteiger partial charge in [0.15, 0.2) is 5.79 Å². The van der Waals surface area contributed by atoms with Gasteiger partial charge in [-0.1, -0.05) is 6.92 Å². The van der Waals surface area contributed by atoms with Gasteiger partial charge >= 0.3 is 6.09 Å². The number of ether oxygens (including phenoxy) is 3. The van der Waals surface area contributed by atoms with Crippen LogP contribution in [0.2, 0.25) is 0 Å². The van der Waals surface area contributed by atoms with Crippen molar-refractivity contribution in [2.45, 2.75) is 78.2 Å². The van der Waals surface area contributed by atoms with Crippen molar-refractivity contribution in [3.8, 4) is 0 Å². The second-order valence-corrected chi connectivity index (χ2v) is 7.82. The summed E-state index contributed by atoms with van der Waals surface area (Å²) in [4.78, 5) is 25.7. The summed E-state index contributed by atoms with van der Waals surface area (Å²) in [6.07, 6.45) is -1.68. The maximum absolute atomic E-state index is 12.6. The standard InChI is InChI=1S/C16H28N2O5/c1-9-8-18(14(20)23-15(3,4)5)13(17-10(2)19)12-11(9)21-16(6,7)22-12/h9,11-13H,8H2,1-7H3,(H,17,19)/t9-,11-,12-,13+/m1/s1. The quantitative estimate of drug-likeness (QED) is 0.795. The Labute approximate surface area is 137 Å². The third-order valence-corrected chi connectivity index (χ3v) is 3.84. The summed E-state index contributed by atoms with van der Waals surface area (Å²) in [5, 5.41) is 2.81. The van der Waals surface area contributed by atoms with Gasteiger partial charge in [-0.25, -0.2) is 4.79 Å². The first kappa shape index (κ1) is 18.0. The number of rotatable bonds is 1. The first-order valence-electron chi connectivity index (χ1n) is 8.02. The zero-order valence-electron chi connectivity index (χ0n) is 15.0. The van der Waals surface area contributed by atoms with E-state index in [4.69, 9.17) is 14.2 Å². The predicted molar refractivity (Wildman–Crippen MR) is 83.5 cm³/mol. The molecule has 23 heavy (non-hydrogen) atoms. The number of nitrogens with one attached hydrogen (secondary N) is 1. The summed E-state index contributed by atoms with van der Waals surface area (Å²) in [7, 11) is 0. The van der Waals surface area contributed by atoms with E-state index in [1.807, 2.05) is 41.5 Å². The van der Waals surface area contributed by atoms with E-state index in [2.05, 4.69) is 5.32 Å². The molecule has 2 rings (SSSR count). The minimum atomic E-state index is -0.746. The highest BCUT2D eigenvalue weighted by Crippen LogP contribution is 2.38. The Bertz CT molecular complexity index is 485. The van der Waals surface area contributed by atoms with Crippen LogP contribution in [0.4, 0.5) is 4.79 Å². The molecule has 0 bridgehead atoms. The lowest BCUT2D eigenvalue weighted by molar-refractivity contribution is -0.152. The Morgan fingerprint density at radius 2 is 1.78 bits per heavy atom. The number of hydrogen-bond acceptors (Lipinski definition) is 5. The molecule has 0 saturated carbocycles. The third kappa shape index (κ3) is 4.14. The minimum Gasteiger partial charge on any atom is -0.444 e. The van der Waals surface area contributed by atoms with Crippen molar-refractivity contribution in [2.75, 3.05) is 6.54 Å². The molecule has 0 aliphatic carbocycles. The summed E-state index contributed by atoms with van der Waals surface area (Å²) >= 11 is 0. The summed E-state index contributed by atoms with van der Waals surface area (Å²) in [6, 6.07) is 0. The van der Waals surface area contributed by atoms with Crippen LogP contribution in [0.15, 0.2) is 0 Å². The number of carbonyl (C=O) groups is 2. The van der Waals surface area contributed by atoms with Gasteiger partial charge in [-0.2, -0.15) is 0 Å². The minimum absolute atomic E-state index is 0.0688. The predicted octanol–water partition coefficient (Wildman–Crippen LogP) is 1.86. The third-order valence-electron chi connectivity index (χ3n) is 3.84. The molecule has 1 N–H and O–H groups in total. The monoisotopic (exact) mass is 328 g/mol. The van der Waals surface area contributed by atoms with Crippen LogP contribution in [-0.2, 0) is 19.0 Å². The van der Waals surface area contributed by atoms with Crippen LogP contribution in [0, 0.1) is 5.92 Å². The molecule has 4 atom stereocenters. The van der Waals surface area contributed by atoms with E-state index in [9.17, 15) is 9.59 Å². The molecule has 2 heterocycles. The van der Waals surface area contributed by atoms with E-state index in [1.54, 1.807) is 0 Å². The van der Waals surface area contributed by atoms with E-state index in [1.165, 1.54) is 11.8 Å². The summed E-state index contributed by atoms with van der Waals surface area (Å²) in [5.74, 6) is -0.908. The Kier molecular flexibility index (Phi) is 4.65. The lowest BCUT2D eigenvalue weighted by atomic mass is 9.92. The van der Waals surface area contributed by atoms with Crippen LogP contribution in [0.1, 0.15) is 48.5 Å². The number of piperidine rings is 1. The fraction of sp³-hybridized carbons (Fsp3) is 0.875. The van der Waals surface area contributed by atoms with E-state index < -0.39 is 29.8 Å². The second kappa shape index (κ2) is 5.94. The van der Waals surface area contributed by atoms with Crippen molar-refractivity contribution in [2.24, 2.45) is 5.92 Å². The maximum atomic E-state index is 12.6. The van der Waals surface area contributed by atoms with Crippen LogP contribution in [0.3, 0.4) is 0 Å². The largest absolute Gasteiger partial charge is 0.444 e. The van der Waals surface area contributed by atoms with E-state index in [-0.39, 0.29) is 17.9 Å². The lowest BCUT2D eigenvalue weighted by Crippen LogP contribution is -2.65. The van der Waals surface area contributed by atoms with Crippen LogP contribution < -0.4 is 5.32 Å². The summed E-state index contributed by atoms with van der Waals surface area (Å²) in [5.41, 5.74) is -0.607. The molecule has 0 radical (unpaired) electrons. The van der Waals surface area contributed by atoms with Crippen molar-refractivity contribution in [3.63, 3.8) is 0 Å². The number of likely N-dealkylation sites (tertiary alicyclic amines) is 1. The molecule has 0 aromatic carbocycles. The summed E-state index contributed by atoms with van der Waals surface area (Å²) < 4.78 is 17.4. The highest BCUT2D eigenvalue weighted by Gasteiger charge is 2.54. The topological polar surface area (TPSA) is 77.1 Å². The van der Waals surface area contributed by atoms with E-state index in [0.717, 1.165) is 0 Å². The zero-order chi connectivity index (χ0) is 17.6. The molecule has 0 aromatic rings. The lowest BCUT2D eigenvalue weighted by Gasteiger charge is -2.44. The number of fused-ring (bicyclic) bond motifs is 1. The highest BCUT2D eigenvalue weighted by atomic mass is 16.8. The molecule has 2 fully saturated rings. The SMILES string of the molecule is CC(=O)N[C@@H]1[C@@H]2OC(C)(C)O[C@@H]2[C@H](C)CN1C(=O)OC(C)(C)C. The number of amides is 2. The fourth-order valence-electron chi connectivity index (χ4n) is 3.08. The van der Waals surface area contributed by atoms with Gasteiger partial charge in [0.25, 0.3) is 0 Å². The number of nitrogens with zero attached hydrogens (tertiary/aromatic N) is 1. The molecular weight excluding hydrogens is 300 g/mol. The Morgan fingerprint density at radius 3 is 2.30 bits per heavy atom. The van der Waals surface area contributed by atoms with Gasteiger partial charge in [0, 0.05) is 19.4 Å². The van der Waals surface area contributed by atoms with Crippen molar-refractivity contribution >= 4 is 12.0 Å². The second-order valence-electron chi connectivity index (χ2n) is 7.82. The van der Waals surface area contributed by atoms with Crippen LogP contribution in [0.5, 0.6) is 0 Å². The zero-order valence-corrected chi connectivity index (χ0v) is 15.0. The number of hydrogen-bond donors (Lipinski definition) is 1. The first-order valence-corrected chi connectivity index (χ1v) is 8.02. The Hall–Kier alpha value is -1.34. The smallest absolute Gasteiger partial charge is 0.412 e. The van der Waals surface area contributed by atoms with Gasteiger partial charge in [0.2, 0.25) is 5.91 Å². The normalized spacial score (nSPS) is 33.1. The molecule has 2 aliphatic heterocycles. The molecule has 7 heteroatoms. The van der Waals surface area contributed by atoms with Crippen LogP contribution >= 0.6 is 0 Å². The Balaban J connectivity index is 2.26. The van der Waals surface area contributed by atoms with Gasteiger partial charge in [-0.05, 0) is 34.6 Å². The van der Waals surface area contributed by atoms with Crippen molar-refractivity contribution < 1.29 is 23.8 Å². The van der Waals surface area contributed by atoms with E-state index >= 15 is 0 Å². The van der Waals surface area contributed by atoms with Crippen molar-refractivity contribution in [3.05, 3.63) is 0 Å². The average Bonchev–Trinajstić information content (AvgIpc) is 2.66. The van der Waals surface area contributed by atoms with Gasteiger partial charge in [-0.3, -0.25) is 9.69 Å². The van der Waals surface area contributed by atoms with Crippen LogP contribution in [0.25, 0.3) is 0 Å². The fourth-order valence-corrected chi connectivity index (χ4v) is 3.08. The van der Waals surface area contributed by atoms with Gasteiger partial charge in [-0.15, -0.1) is 0 Å². The average molecular weight is 328 g/mol. The molecule has 2 saturated heterocycles. The molecule has 0 unspecified atom stereocenters. The molecule has 132 valence electrons. The summed E-state index contributed by atoms with van der Waals surface area (Å²) in [6.45, 7) is 13.0. The molecule has 2 amide bonds. The maximum Gasteiger partial charge on any atom is 0.412 e. The highest BCUT2D eigenvalue weighted by molar-refractivity contribution is 5.75. The first-order chi connectivity index (χ1) is 10.4. The molecular formula is C16H28N2O5. The van der Waals surface area contributed by atoms with Gasteiger partial charge in [0.05, 0.1) is 6.10 Å².